The van der Waals surface area contributed by atoms with Gasteiger partial charge in [0.25, 0.3) is 0 Å². The molecule has 0 radical (unpaired) electrons. The molecule has 0 amide bonds. The Morgan fingerprint density at radius 3 is 2.55 bits per heavy atom. The number of hydrogen-bond donors (Lipinski definition) is 0. The van der Waals surface area contributed by atoms with Crippen LogP contribution >= 0.6 is 22.6 Å². The van der Waals surface area contributed by atoms with E-state index in [-0.39, 0.29) is 11.9 Å². The van der Waals surface area contributed by atoms with Gasteiger partial charge < -0.3 is 9.47 Å². The van der Waals surface area contributed by atoms with Crippen molar-refractivity contribution in [3.05, 3.63) is 0 Å². The van der Waals surface area contributed by atoms with Gasteiger partial charge in [0, 0.05) is 18.1 Å². The van der Waals surface area contributed by atoms with Gasteiger partial charge in [0.2, 0.25) is 0 Å². The first-order chi connectivity index (χ1) is 5.26. The molecule has 0 fully saturated rings. The lowest BCUT2D eigenvalue weighted by atomic mass is 10.1. The van der Waals surface area contributed by atoms with Gasteiger partial charge in [0.05, 0.1) is 13.0 Å². The van der Waals surface area contributed by atoms with Crippen LogP contribution in [0.4, 0.5) is 0 Å². The second kappa shape index (κ2) is 6.84. The largest absolute Gasteiger partial charge is 0.469 e. The highest BCUT2D eigenvalue weighted by Crippen LogP contribution is 2.08. The van der Waals surface area contributed by atoms with Crippen molar-refractivity contribution in [3.63, 3.8) is 0 Å². The lowest BCUT2D eigenvalue weighted by Crippen LogP contribution is -2.19. The fourth-order valence-electron chi connectivity index (χ4n) is 0.685. The molecule has 0 saturated carbocycles. The molecule has 0 aromatic heterocycles. The van der Waals surface area contributed by atoms with Gasteiger partial charge in [-0.25, -0.2) is 0 Å². The summed E-state index contributed by atoms with van der Waals surface area (Å²) in [6.07, 6.45) is 0.742. The van der Waals surface area contributed by atoms with Crippen LogP contribution in [0, 0.1) is 5.92 Å². The Bertz CT molecular complexity index is 116. The van der Waals surface area contributed by atoms with Crippen molar-refractivity contribution in [3.8, 4) is 0 Å². The third-order valence-electron chi connectivity index (χ3n) is 1.39. The maximum absolute atomic E-state index is 11.0. The van der Waals surface area contributed by atoms with Crippen molar-refractivity contribution in [2.45, 2.75) is 6.42 Å². The Balaban J connectivity index is 3.65. The van der Waals surface area contributed by atoms with Crippen molar-refractivity contribution in [2.75, 3.05) is 25.3 Å². The molecular formula is C7H13IO3. The SMILES string of the molecule is COCCC(CI)C(=O)OC. The number of alkyl halides is 1. The third-order valence-corrected chi connectivity index (χ3v) is 2.45. The smallest absolute Gasteiger partial charge is 0.309 e. The fourth-order valence-corrected chi connectivity index (χ4v) is 1.48. The monoisotopic (exact) mass is 272 g/mol. The highest BCUT2D eigenvalue weighted by molar-refractivity contribution is 14.1. The second-order valence-corrected chi connectivity index (χ2v) is 3.04. The van der Waals surface area contributed by atoms with Gasteiger partial charge in [-0.1, -0.05) is 22.6 Å². The molecule has 66 valence electrons. The molecule has 0 aliphatic carbocycles. The predicted molar refractivity (Wildman–Crippen MR) is 50.9 cm³/mol. The lowest BCUT2D eigenvalue weighted by molar-refractivity contribution is -0.145. The van der Waals surface area contributed by atoms with Crippen LogP contribution in [0.1, 0.15) is 6.42 Å². The molecule has 0 aliphatic rings. The van der Waals surface area contributed by atoms with E-state index < -0.39 is 0 Å². The Kier molecular flexibility index (Phi) is 6.94. The number of ether oxygens (including phenoxy) is 2. The van der Waals surface area contributed by atoms with Crippen molar-refractivity contribution in [1.29, 1.82) is 0 Å². The van der Waals surface area contributed by atoms with Crippen molar-refractivity contribution < 1.29 is 14.3 Å². The molecule has 0 aliphatic heterocycles. The molecular weight excluding hydrogens is 259 g/mol. The van der Waals surface area contributed by atoms with Crippen molar-refractivity contribution in [1.82, 2.24) is 0 Å². The Hall–Kier alpha value is 0.160. The van der Waals surface area contributed by atoms with E-state index >= 15 is 0 Å². The number of methoxy groups -OCH3 is 2. The summed E-state index contributed by atoms with van der Waals surface area (Å²) in [7, 11) is 3.04. The summed E-state index contributed by atoms with van der Waals surface area (Å²) >= 11 is 2.17. The molecule has 1 atom stereocenters. The normalized spacial score (nSPS) is 12.6. The average Bonchev–Trinajstić information content (AvgIpc) is 2.05. The molecule has 1 unspecified atom stereocenters. The van der Waals surface area contributed by atoms with Crippen molar-refractivity contribution >= 4 is 28.6 Å². The van der Waals surface area contributed by atoms with E-state index in [0.29, 0.717) is 6.61 Å². The topological polar surface area (TPSA) is 35.5 Å². The Morgan fingerprint density at radius 1 is 1.55 bits per heavy atom. The zero-order valence-corrected chi connectivity index (χ0v) is 8.96. The van der Waals surface area contributed by atoms with Crippen LogP contribution in [0.2, 0.25) is 0 Å². The zero-order valence-electron chi connectivity index (χ0n) is 6.80. The first kappa shape index (κ1) is 11.2. The quantitative estimate of drug-likeness (QED) is 0.429. The minimum atomic E-state index is -0.142. The molecule has 0 spiro atoms. The van der Waals surface area contributed by atoms with Gasteiger partial charge in [-0.2, -0.15) is 0 Å². The fraction of sp³-hybridized carbons (Fsp3) is 0.857. The summed E-state index contributed by atoms with van der Waals surface area (Å²) in [5.41, 5.74) is 0. The number of carbonyl (C=O) groups excluding carboxylic acids is 1. The van der Waals surface area contributed by atoms with Gasteiger partial charge in [0.1, 0.15) is 0 Å². The van der Waals surface area contributed by atoms with Crippen LogP contribution in [-0.2, 0) is 14.3 Å². The van der Waals surface area contributed by atoms with Crippen LogP contribution in [0.5, 0.6) is 0 Å². The van der Waals surface area contributed by atoms with E-state index in [0.717, 1.165) is 10.8 Å². The van der Waals surface area contributed by atoms with E-state index in [9.17, 15) is 4.79 Å². The highest BCUT2D eigenvalue weighted by Gasteiger charge is 2.16. The summed E-state index contributed by atoms with van der Waals surface area (Å²) in [5.74, 6) is -0.156. The zero-order chi connectivity index (χ0) is 8.69. The average molecular weight is 272 g/mol. The number of carbonyl (C=O) groups is 1. The second-order valence-electron chi connectivity index (χ2n) is 2.16. The molecule has 0 aromatic rings. The highest BCUT2D eigenvalue weighted by atomic mass is 127. The standard InChI is InChI=1S/C7H13IO3/c1-10-4-3-6(5-8)7(9)11-2/h6H,3-5H2,1-2H3. The first-order valence-electron chi connectivity index (χ1n) is 3.39. The van der Waals surface area contributed by atoms with Gasteiger partial charge in [-0.3, -0.25) is 4.79 Å². The summed E-state index contributed by atoms with van der Waals surface area (Å²) in [6, 6.07) is 0. The molecule has 0 aromatic carbocycles. The summed E-state index contributed by atoms with van der Waals surface area (Å²) < 4.78 is 10.2. The Morgan fingerprint density at radius 2 is 2.18 bits per heavy atom. The van der Waals surface area contributed by atoms with E-state index in [1.165, 1.54) is 7.11 Å². The van der Waals surface area contributed by atoms with E-state index in [4.69, 9.17) is 4.74 Å². The number of rotatable bonds is 5. The summed E-state index contributed by atoms with van der Waals surface area (Å²) in [6.45, 7) is 0.614. The minimum Gasteiger partial charge on any atom is -0.469 e. The molecule has 0 bridgehead atoms. The van der Waals surface area contributed by atoms with Gasteiger partial charge in [0.15, 0.2) is 0 Å². The van der Waals surface area contributed by atoms with E-state index in [1.54, 1.807) is 7.11 Å². The van der Waals surface area contributed by atoms with Crippen LogP contribution in [0.15, 0.2) is 0 Å². The van der Waals surface area contributed by atoms with E-state index in [1.807, 2.05) is 0 Å². The number of hydrogen-bond acceptors (Lipinski definition) is 3. The van der Waals surface area contributed by atoms with Crippen molar-refractivity contribution in [2.24, 2.45) is 5.92 Å². The molecule has 0 N–H and O–H groups in total. The summed E-state index contributed by atoms with van der Waals surface area (Å²) in [4.78, 5) is 11.0. The van der Waals surface area contributed by atoms with Gasteiger partial charge in [-0.05, 0) is 6.42 Å². The molecule has 0 saturated heterocycles. The number of halogens is 1. The molecule has 3 nitrogen and oxygen atoms in total. The van der Waals surface area contributed by atoms with E-state index in [2.05, 4.69) is 27.3 Å². The molecule has 0 rings (SSSR count). The molecule has 4 heteroatoms. The maximum atomic E-state index is 11.0. The first-order valence-corrected chi connectivity index (χ1v) is 4.91. The van der Waals surface area contributed by atoms with Crippen LogP contribution in [0.3, 0.4) is 0 Å². The third kappa shape index (κ3) is 4.58. The Labute approximate surface area is 80.6 Å². The summed E-state index contributed by atoms with van der Waals surface area (Å²) in [5, 5.41) is 0. The lowest BCUT2D eigenvalue weighted by Gasteiger charge is -2.09. The van der Waals surface area contributed by atoms with Crippen LogP contribution in [0.25, 0.3) is 0 Å². The maximum Gasteiger partial charge on any atom is 0.309 e. The molecule has 11 heavy (non-hydrogen) atoms. The number of esters is 1. The minimum absolute atomic E-state index is 0.0134. The van der Waals surface area contributed by atoms with Crippen LogP contribution in [-0.4, -0.2) is 31.2 Å². The predicted octanol–water partition coefficient (Wildman–Crippen LogP) is 1.25. The van der Waals surface area contributed by atoms with Crippen LogP contribution < -0.4 is 0 Å². The molecule has 0 heterocycles. The van der Waals surface area contributed by atoms with Gasteiger partial charge >= 0.3 is 5.97 Å². The van der Waals surface area contributed by atoms with Gasteiger partial charge in [-0.15, -0.1) is 0 Å².